The number of methoxy groups -OCH3 is 2. The van der Waals surface area contributed by atoms with Gasteiger partial charge in [0.15, 0.2) is 11.5 Å². The molecule has 0 spiro atoms. The molecule has 0 aliphatic rings. The van der Waals surface area contributed by atoms with Crippen LogP contribution in [0.1, 0.15) is 5.56 Å². The Morgan fingerprint density at radius 3 is 2.58 bits per heavy atom. The summed E-state index contributed by atoms with van der Waals surface area (Å²) in [6.45, 7) is 0.669. The monoisotopic (exact) mass is 330 g/mol. The van der Waals surface area contributed by atoms with Crippen molar-refractivity contribution in [2.24, 2.45) is 5.73 Å². The van der Waals surface area contributed by atoms with E-state index in [0.29, 0.717) is 17.2 Å². The van der Waals surface area contributed by atoms with Gasteiger partial charge in [0, 0.05) is 6.54 Å². The fraction of sp³-hybridized carbons (Fsp3) is 0.294. The topological polar surface area (TPSA) is 98.5 Å². The summed E-state index contributed by atoms with van der Waals surface area (Å²) in [5, 5.41) is 5.88. The zero-order valence-corrected chi connectivity index (χ0v) is 13.8. The minimum Gasteiger partial charge on any atom is -0.493 e. The first-order chi connectivity index (χ1) is 11.7. The highest BCUT2D eigenvalue weighted by Gasteiger charge is 2.05. The number of nitrogens with one attached hydrogen (secondary N) is 2. The number of carbonyl (C=O) groups excluding carboxylic acids is 1. The molecule has 7 nitrogen and oxygen atoms in total. The first-order valence-electron chi connectivity index (χ1n) is 7.57. The Bertz CT molecular complexity index is 674. The lowest BCUT2D eigenvalue weighted by Crippen LogP contribution is -2.21. The molecule has 0 aliphatic heterocycles. The van der Waals surface area contributed by atoms with Crippen LogP contribution in [0, 0.1) is 0 Å². The van der Waals surface area contributed by atoms with Crippen LogP contribution < -0.4 is 25.8 Å². The van der Waals surface area contributed by atoms with Gasteiger partial charge < -0.3 is 25.8 Å². The minimum absolute atomic E-state index is 0.0503. The van der Waals surface area contributed by atoms with E-state index < -0.39 is 0 Å². The number of aromatic nitrogens is 1. The molecule has 0 saturated carbocycles. The van der Waals surface area contributed by atoms with E-state index in [1.54, 1.807) is 32.5 Å². The van der Waals surface area contributed by atoms with Crippen LogP contribution in [0.25, 0.3) is 0 Å². The fourth-order valence-electron chi connectivity index (χ4n) is 2.16. The van der Waals surface area contributed by atoms with Crippen LogP contribution in [0.3, 0.4) is 0 Å². The molecule has 0 bridgehead atoms. The van der Waals surface area contributed by atoms with E-state index in [1.807, 2.05) is 18.2 Å². The lowest BCUT2D eigenvalue weighted by molar-refractivity contribution is -0.114. The third-order valence-electron chi connectivity index (χ3n) is 3.40. The lowest BCUT2D eigenvalue weighted by atomic mass is 10.1. The van der Waals surface area contributed by atoms with Crippen molar-refractivity contribution >= 4 is 17.4 Å². The Hall–Kier alpha value is -2.80. The number of hydrogen-bond acceptors (Lipinski definition) is 6. The number of amides is 1. The van der Waals surface area contributed by atoms with Crippen molar-refractivity contribution in [2.45, 2.75) is 6.42 Å². The van der Waals surface area contributed by atoms with Crippen molar-refractivity contribution in [3.8, 4) is 11.5 Å². The van der Waals surface area contributed by atoms with Gasteiger partial charge in [0.2, 0.25) is 5.91 Å². The number of nitrogens with two attached hydrogens (primary N) is 1. The molecule has 128 valence electrons. The summed E-state index contributed by atoms with van der Waals surface area (Å²) in [6.07, 6.45) is 2.40. The fourth-order valence-corrected chi connectivity index (χ4v) is 2.16. The summed E-state index contributed by atoms with van der Waals surface area (Å²) in [4.78, 5) is 15.4. The average Bonchev–Trinajstić information content (AvgIpc) is 2.62. The van der Waals surface area contributed by atoms with Crippen molar-refractivity contribution in [2.75, 3.05) is 37.9 Å². The van der Waals surface area contributed by atoms with Crippen LogP contribution in [0.2, 0.25) is 0 Å². The Balaban J connectivity index is 1.86. The third kappa shape index (κ3) is 4.85. The van der Waals surface area contributed by atoms with Crippen molar-refractivity contribution in [1.82, 2.24) is 4.98 Å². The normalized spacial score (nSPS) is 10.1. The average molecular weight is 330 g/mol. The second-order valence-electron chi connectivity index (χ2n) is 5.05. The van der Waals surface area contributed by atoms with Gasteiger partial charge in [0.05, 0.1) is 32.6 Å². The second-order valence-corrected chi connectivity index (χ2v) is 5.05. The minimum atomic E-state index is -0.244. The predicted molar refractivity (Wildman–Crippen MR) is 93.7 cm³/mol. The smallest absolute Gasteiger partial charge is 0.238 e. The highest BCUT2D eigenvalue weighted by Crippen LogP contribution is 2.27. The summed E-state index contributed by atoms with van der Waals surface area (Å²) in [7, 11) is 3.24. The maximum absolute atomic E-state index is 11.2. The van der Waals surface area contributed by atoms with E-state index in [2.05, 4.69) is 15.6 Å². The number of benzene rings is 1. The second kappa shape index (κ2) is 8.73. The van der Waals surface area contributed by atoms with Crippen LogP contribution >= 0.6 is 0 Å². The Morgan fingerprint density at radius 2 is 1.96 bits per heavy atom. The van der Waals surface area contributed by atoms with Gasteiger partial charge in [-0.3, -0.25) is 4.79 Å². The molecule has 1 heterocycles. The zero-order chi connectivity index (χ0) is 17.4. The van der Waals surface area contributed by atoms with Gasteiger partial charge >= 0.3 is 0 Å². The first kappa shape index (κ1) is 17.6. The summed E-state index contributed by atoms with van der Waals surface area (Å²) < 4.78 is 10.5. The lowest BCUT2D eigenvalue weighted by Gasteiger charge is -2.10. The number of hydrogen-bond donors (Lipinski definition) is 3. The molecule has 1 aromatic carbocycles. The standard InChI is InChI=1S/C17H22N4O3/c1-23-14-5-3-12(9-15(14)24-2)7-8-19-16-6-4-13(11-20-16)21-17(22)10-18/h3-6,9,11H,7-8,10,18H2,1-2H3,(H,19,20)(H,21,22). The molecular weight excluding hydrogens is 308 g/mol. The number of ether oxygens (including phenoxy) is 2. The van der Waals surface area contributed by atoms with E-state index in [-0.39, 0.29) is 12.5 Å². The van der Waals surface area contributed by atoms with E-state index in [1.165, 1.54) is 0 Å². The van der Waals surface area contributed by atoms with Gasteiger partial charge in [-0.1, -0.05) is 6.07 Å². The molecule has 0 radical (unpaired) electrons. The SMILES string of the molecule is COc1ccc(CCNc2ccc(NC(=O)CN)cn2)cc1OC. The summed E-state index contributed by atoms with van der Waals surface area (Å²) >= 11 is 0. The van der Waals surface area contributed by atoms with Crippen molar-refractivity contribution in [1.29, 1.82) is 0 Å². The molecule has 2 rings (SSSR count). The molecule has 1 amide bonds. The molecule has 24 heavy (non-hydrogen) atoms. The number of nitrogens with zero attached hydrogens (tertiary/aromatic N) is 1. The maximum Gasteiger partial charge on any atom is 0.238 e. The van der Waals surface area contributed by atoms with Crippen LogP contribution in [0.5, 0.6) is 11.5 Å². The Labute approximate surface area is 141 Å². The van der Waals surface area contributed by atoms with Gasteiger partial charge in [-0.05, 0) is 36.2 Å². The van der Waals surface area contributed by atoms with Crippen molar-refractivity contribution in [3.63, 3.8) is 0 Å². The van der Waals surface area contributed by atoms with E-state index >= 15 is 0 Å². The molecule has 7 heteroatoms. The van der Waals surface area contributed by atoms with Gasteiger partial charge in [-0.15, -0.1) is 0 Å². The molecule has 0 fully saturated rings. The van der Waals surface area contributed by atoms with Crippen LogP contribution in [0.15, 0.2) is 36.5 Å². The van der Waals surface area contributed by atoms with Crippen molar-refractivity contribution in [3.05, 3.63) is 42.1 Å². The van der Waals surface area contributed by atoms with Gasteiger partial charge in [-0.25, -0.2) is 4.98 Å². The molecule has 2 aromatic rings. The van der Waals surface area contributed by atoms with Crippen LogP contribution in [-0.4, -0.2) is 38.2 Å². The largest absolute Gasteiger partial charge is 0.493 e. The molecule has 0 atom stereocenters. The molecular formula is C17H22N4O3. The Kier molecular flexibility index (Phi) is 6.39. The third-order valence-corrected chi connectivity index (χ3v) is 3.40. The number of anilines is 2. The van der Waals surface area contributed by atoms with E-state index in [9.17, 15) is 4.79 Å². The zero-order valence-electron chi connectivity index (χ0n) is 13.8. The highest BCUT2D eigenvalue weighted by atomic mass is 16.5. The molecule has 0 unspecified atom stereocenters. The van der Waals surface area contributed by atoms with Gasteiger partial charge in [0.1, 0.15) is 5.82 Å². The summed E-state index contributed by atoms with van der Waals surface area (Å²) in [6, 6.07) is 9.43. The number of carbonyl (C=O) groups is 1. The summed E-state index contributed by atoms with van der Waals surface area (Å²) in [5.74, 6) is 1.92. The Morgan fingerprint density at radius 1 is 1.17 bits per heavy atom. The van der Waals surface area contributed by atoms with Crippen LogP contribution in [-0.2, 0) is 11.2 Å². The number of pyridine rings is 1. The first-order valence-corrected chi connectivity index (χ1v) is 7.57. The van der Waals surface area contributed by atoms with Gasteiger partial charge in [0.25, 0.3) is 0 Å². The molecule has 0 aliphatic carbocycles. The van der Waals surface area contributed by atoms with Gasteiger partial charge in [-0.2, -0.15) is 0 Å². The van der Waals surface area contributed by atoms with E-state index in [4.69, 9.17) is 15.2 Å². The molecule has 1 aromatic heterocycles. The molecule has 0 saturated heterocycles. The highest BCUT2D eigenvalue weighted by molar-refractivity contribution is 5.91. The predicted octanol–water partition coefficient (Wildman–Crippen LogP) is 1.65. The quantitative estimate of drug-likeness (QED) is 0.681. The van der Waals surface area contributed by atoms with Crippen LogP contribution in [0.4, 0.5) is 11.5 Å². The van der Waals surface area contributed by atoms with E-state index in [0.717, 1.165) is 24.3 Å². The molecule has 4 N–H and O–H groups in total. The van der Waals surface area contributed by atoms with Crippen molar-refractivity contribution < 1.29 is 14.3 Å². The number of rotatable bonds is 8. The summed E-state index contributed by atoms with van der Waals surface area (Å²) in [5.41, 5.74) is 7.00. The maximum atomic E-state index is 11.2.